The van der Waals surface area contributed by atoms with Crippen LogP contribution in [0, 0.1) is 0 Å². The van der Waals surface area contributed by atoms with Crippen molar-refractivity contribution >= 4 is 50.6 Å². The maximum absolute atomic E-state index is 12.0. The average molecular weight is 379 g/mol. The summed E-state index contributed by atoms with van der Waals surface area (Å²) < 4.78 is 5.80. The highest BCUT2D eigenvalue weighted by Gasteiger charge is 2.10. The summed E-state index contributed by atoms with van der Waals surface area (Å²) in [4.78, 5) is 16.4. The van der Waals surface area contributed by atoms with Crippen LogP contribution < -0.4 is 15.8 Å². The quantitative estimate of drug-likeness (QED) is 0.635. The van der Waals surface area contributed by atoms with Crippen LogP contribution in [0.1, 0.15) is 0 Å². The van der Waals surface area contributed by atoms with E-state index in [0.29, 0.717) is 14.6 Å². The molecule has 3 N–H and O–H groups in total. The number of hydrogen-bond acceptors (Lipinski definition) is 9. The minimum absolute atomic E-state index is 0.149. The van der Waals surface area contributed by atoms with Crippen LogP contribution in [-0.4, -0.2) is 34.0 Å². The second kappa shape index (κ2) is 7.60. The number of benzene rings is 1. The number of aromatic nitrogens is 3. The molecule has 3 rings (SSSR count). The lowest BCUT2D eigenvalue weighted by Gasteiger charge is -2.01. The van der Waals surface area contributed by atoms with Crippen LogP contribution in [0.2, 0.25) is 0 Å². The highest BCUT2D eigenvalue weighted by atomic mass is 32.2. The average Bonchev–Trinajstić information content (AvgIpc) is 3.22. The van der Waals surface area contributed by atoms with Gasteiger partial charge in [-0.15, -0.1) is 21.5 Å². The highest BCUT2D eigenvalue weighted by Crippen LogP contribution is 2.27. The number of carbonyl (C=O) groups excluding carboxylic acids is 1. The van der Waals surface area contributed by atoms with Crippen molar-refractivity contribution in [1.29, 1.82) is 0 Å². The number of nitrogens with two attached hydrogens (primary N) is 1. The molecule has 0 radical (unpaired) electrons. The number of nitrogens with one attached hydrogen (secondary N) is 1. The Morgan fingerprint density at radius 2 is 2.12 bits per heavy atom. The maximum atomic E-state index is 12.0. The number of hydrogen-bond donors (Lipinski definition) is 2. The molecule has 0 saturated carbocycles. The normalized spacial score (nSPS) is 10.5. The first kappa shape index (κ1) is 16.7. The van der Waals surface area contributed by atoms with Gasteiger partial charge in [0.1, 0.15) is 5.75 Å². The number of ether oxygens (including phenoxy) is 1. The Hall–Kier alpha value is -2.17. The first-order chi connectivity index (χ1) is 11.6. The van der Waals surface area contributed by atoms with Gasteiger partial charge in [0.05, 0.1) is 18.6 Å². The number of carbonyl (C=O) groups is 1. The molecule has 1 amide bonds. The summed E-state index contributed by atoms with van der Waals surface area (Å²) in [7, 11) is 1.62. The standard InChI is InChI=1S/C14H13N5O2S3/c1-21-9-4-2-8(3-5-9)10-6-22-13(16-10)17-11(20)7-23-14-19-18-12(15)24-14/h2-6H,7H2,1H3,(H2,15,18)(H,16,17,20). The third kappa shape index (κ3) is 4.22. The van der Waals surface area contributed by atoms with Gasteiger partial charge >= 0.3 is 0 Å². The highest BCUT2D eigenvalue weighted by molar-refractivity contribution is 8.01. The zero-order valence-electron chi connectivity index (χ0n) is 12.6. The Balaban J connectivity index is 1.57. The van der Waals surface area contributed by atoms with Crippen LogP contribution in [0.3, 0.4) is 0 Å². The van der Waals surface area contributed by atoms with Gasteiger partial charge in [-0.05, 0) is 24.3 Å². The van der Waals surface area contributed by atoms with E-state index >= 15 is 0 Å². The van der Waals surface area contributed by atoms with E-state index in [9.17, 15) is 4.79 Å². The molecule has 124 valence electrons. The van der Waals surface area contributed by atoms with E-state index in [0.717, 1.165) is 17.0 Å². The summed E-state index contributed by atoms with van der Waals surface area (Å²) in [5.74, 6) is 0.868. The van der Waals surface area contributed by atoms with Crippen LogP contribution in [0.4, 0.5) is 10.3 Å². The van der Waals surface area contributed by atoms with E-state index in [2.05, 4.69) is 20.5 Å². The molecule has 7 nitrogen and oxygen atoms in total. The molecular formula is C14H13N5O2S3. The van der Waals surface area contributed by atoms with Gasteiger partial charge in [-0.2, -0.15) is 0 Å². The van der Waals surface area contributed by atoms with Crippen molar-refractivity contribution in [3.8, 4) is 17.0 Å². The second-order valence-corrected chi connectivity index (χ2v) is 7.60. The predicted molar refractivity (Wildman–Crippen MR) is 97.8 cm³/mol. The lowest BCUT2D eigenvalue weighted by molar-refractivity contribution is -0.113. The van der Waals surface area contributed by atoms with E-state index in [4.69, 9.17) is 10.5 Å². The minimum Gasteiger partial charge on any atom is -0.497 e. The van der Waals surface area contributed by atoms with Crippen molar-refractivity contribution < 1.29 is 9.53 Å². The number of methoxy groups -OCH3 is 1. The van der Waals surface area contributed by atoms with Gasteiger partial charge in [-0.25, -0.2) is 4.98 Å². The first-order valence-corrected chi connectivity index (χ1v) is 9.44. The van der Waals surface area contributed by atoms with E-state index in [1.165, 1.54) is 34.4 Å². The SMILES string of the molecule is COc1ccc(-c2csc(NC(=O)CSc3nnc(N)s3)n2)cc1. The van der Waals surface area contributed by atoms with E-state index in [1.807, 2.05) is 29.6 Å². The van der Waals surface area contributed by atoms with Crippen molar-refractivity contribution in [3.63, 3.8) is 0 Å². The second-order valence-electron chi connectivity index (χ2n) is 4.51. The van der Waals surface area contributed by atoms with Crippen molar-refractivity contribution in [1.82, 2.24) is 15.2 Å². The van der Waals surface area contributed by atoms with E-state index in [1.54, 1.807) is 7.11 Å². The Morgan fingerprint density at radius 1 is 1.33 bits per heavy atom. The van der Waals surface area contributed by atoms with Crippen LogP contribution in [0.15, 0.2) is 34.0 Å². The first-order valence-electron chi connectivity index (χ1n) is 6.75. The molecule has 0 bridgehead atoms. The maximum Gasteiger partial charge on any atom is 0.236 e. The number of thiazole rings is 1. The Morgan fingerprint density at radius 3 is 2.79 bits per heavy atom. The monoisotopic (exact) mass is 379 g/mol. The molecule has 0 aliphatic rings. The molecule has 1 aromatic carbocycles. The van der Waals surface area contributed by atoms with Crippen LogP contribution in [0.25, 0.3) is 11.3 Å². The smallest absolute Gasteiger partial charge is 0.236 e. The lowest BCUT2D eigenvalue weighted by Crippen LogP contribution is -2.13. The molecule has 0 atom stereocenters. The van der Waals surface area contributed by atoms with Gasteiger partial charge < -0.3 is 15.8 Å². The largest absolute Gasteiger partial charge is 0.497 e. The number of anilines is 2. The molecule has 0 unspecified atom stereocenters. The summed E-state index contributed by atoms with van der Waals surface area (Å²) in [6, 6.07) is 7.60. The fourth-order valence-corrected chi connectivity index (χ4v) is 3.96. The van der Waals surface area contributed by atoms with Gasteiger partial charge in [-0.1, -0.05) is 23.1 Å². The van der Waals surface area contributed by atoms with Gasteiger partial charge in [0, 0.05) is 10.9 Å². The van der Waals surface area contributed by atoms with Crippen LogP contribution >= 0.6 is 34.4 Å². The third-order valence-electron chi connectivity index (χ3n) is 2.89. The number of thioether (sulfide) groups is 1. The molecular weight excluding hydrogens is 366 g/mol. The summed E-state index contributed by atoms with van der Waals surface area (Å²) in [5, 5.41) is 13.2. The molecule has 0 saturated heterocycles. The van der Waals surface area contributed by atoms with Crippen molar-refractivity contribution in [2.24, 2.45) is 0 Å². The molecule has 0 aliphatic heterocycles. The summed E-state index contributed by atoms with van der Waals surface area (Å²) in [5.41, 5.74) is 7.27. The van der Waals surface area contributed by atoms with Crippen LogP contribution in [0.5, 0.6) is 5.75 Å². The Kier molecular flexibility index (Phi) is 5.28. The van der Waals surface area contributed by atoms with Crippen molar-refractivity contribution in [2.45, 2.75) is 4.34 Å². The fourth-order valence-electron chi connectivity index (χ4n) is 1.79. The van der Waals surface area contributed by atoms with Crippen LogP contribution in [-0.2, 0) is 4.79 Å². The Labute approximate surface area is 150 Å². The molecule has 24 heavy (non-hydrogen) atoms. The summed E-state index contributed by atoms with van der Waals surface area (Å²) in [6.07, 6.45) is 0. The van der Waals surface area contributed by atoms with Crippen molar-refractivity contribution in [3.05, 3.63) is 29.6 Å². The zero-order valence-corrected chi connectivity index (χ0v) is 15.0. The summed E-state index contributed by atoms with van der Waals surface area (Å²) >= 11 is 3.93. The van der Waals surface area contributed by atoms with Gasteiger partial charge in [0.15, 0.2) is 9.47 Å². The predicted octanol–water partition coefficient (Wildman–Crippen LogP) is 2.98. The van der Waals surface area contributed by atoms with Gasteiger partial charge in [0.25, 0.3) is 0 Å². The zero-order chi connectivity index (χ0) is 16.9. The third-order valence-corrected chi connectivity index (χ3v) is 5.53. The van der Waals surface area contributed by atoms with E-state index < -0.39 is 0 Å². The fraction of sp³-hybridized carbons (Fsp3) is 0.143. The Bertz CT molecular complexity index is 831. The van der Waals surface area contributed by atoms with Crippen molar-refractivity contribution in [2.75, 3.05) is 23.9 Å². The molecule has 0 spiro atoms. The molecule has 2 aromatic heterocycles. The summed E-state index contributed by atoms with van der Waals surface area (Å²) in [6.45, 7) is 0. The lowest BCUT2D eigenvalue weighted by atomic mass is 10.2. The molecule has 0 fully saturated rings. The molecule has 10 heteroatoms. The number of amides is 1. The van der Waals surface area contributed by atoms with Gasteiger partial charge in [0.2, 0.25) is 11.0 Å². The number of rotatable bonds is 6. The number of nitrogen functional groups attached to an aromatic ring is 1. The minimum atomic E-state index is -0.149. The van der Waals surface area contributed by atoms with Gasteiger partial charge in [-0.3, -0.25) is 4.79 Å². The van der Waals surface area contributed by atoms with E-state index in [-0.39, 0.29) is 11.7 Å². The number of nitrogens with zero attached hydrogens (tertiary/aromatic N) is 3. The molecule has 0 aliphatic carbocycles. The molecule has 3 aromatic rings. The topological polar surface area (TPSA) is 103 Å². The molecule has 2 heterocycles.